The zero-order valence-electron chi connectivity index (χ0n) is 16.0. The fourth-order valence-corrected chi connectivity index (χ4v) is 4.45. The number of pyridine rings is 1. The highest BCUT2D eigenvalue weighted by atomic mass is 32.1. The van der Waals surface area contributed by atoms with Crippen molar-refractivity contribution in [2.24, 2.45) is 0 Å². The third-order valence-electron chi connectivity index (χ3n) is 4.80. The van der Waals surface area contributed by atoms with E-state index in [1.165, 1.54) is 11.3 Å². The van der Waals surface area contributed by atoms with Crippen molar-refractivity contribution in [1.82, 2.24) is 9.88 Å². The van der Waals surface area contributed by atoms with E-state index >= 15 is 0 Å². The zero-order valence-corrected chi connectivity index (χ0v) is 16.8. The number of nitrogens with zero attached hydrogens (tertiary/aromatic N) is 3. The highest BCUT2D eigenvalue weighted by molar-refractivity contribution is 7.16. The summed E-state index contributed by atoms with van der Waals surface area (Å²) < 4.78 is 5.40. The summed E-state index contributed by atoms with van der Waals surface area (Å²) in [6.45, 7) is 0.988. The molecule has 1 aromatic carbocycles. The lowest BCUT2D eigenvalue weighted by Gasteiger charge is -2.26. The van der Waals surface area contributed by atoms with Gasteiger partial charge in [0.2, 0.25) is 0 Å². The van der Waals surface area contributed by atoms with Gasteiger partial charge in [-0.05, 0) is 41.8 Å². The van der Waals surface area contributed by atoms with E-state index in [1.807, 2.05) is 6.07 Å². The average molecular weight is 418 g/mol. The normalized spacial score (nSPS) is 12.6. The van der Waals surface area contributed by atoms with E-state index in [9.17, 15) is 14.9 Å². The number of hydrogen-bond donors (Lipinski definition) is 1. The molecule has 0 saturated carbocycles. The molecule has 1 N–H and O–H groups in total. The minimum Gasteiger partial charge on any atom is -0.445 e. The Balaban J connectivity index is 1.45. The summed E-state index contributed by atoms with van der Waals surface area (Å²) in [5.74, 6) is -0.265. The lowest BCUT2D eigenvalue weighted by Crippen LogP contribution is -2.35. The molecule has 0 spiro atoms. The van der Waals surface area contributed by atoms with Crippen LogP contribution in [-0.2, 0) is 24.3 Å². The molecule has 0 aliphatic carbocycles. The van der Waals surface area contributed by atoms with Gasteiger partial charge in [0.15, 0.2) is 0 Å². The van der Waals surface area contributed by atoms with Crippen LogP contribution in [0, 0.1) is 11.3 Å². The highest BCUT2D eigenvalue weighted by Crippen LogP contribution is 2.37. The van der Waals surface area contributed by atoms with Crippen molar-refractivity contribution >= 4 is 28.3 Å². The number of thiophene rings is 1. The Morgan fingerprint density at radius 1 is 1.20 bits per heavy atom. The minimum atomic E-state index is -0.403. The van der Waals surface area contributed by atoms with Crippen molar-refractivity contribution in [3.63, 3.8) is 0 Å². The van der Waals surface area contributed by atoms with Crippen LogP contribution in [0.2, 0.25) is 0 Å². The lowest BCUT2D eigenvalue weighted by molar-refractivity contribution is 0.0923. The van der Waals surface area contributed by atoms with Gasteiger partial charge >= 0.3 is 6.09 Å². The van der Waals surface area contributed by atoms with Gasteiger partial charge in [-0.1, -0.05) is 18.2 Å². The molecule has 0 atom stereocenters. The third-order valence-corrected chi connectivity index (χ3v) is 5.93. The highest BCUT2D eigenvalue weighted by Gasteiger charge is 2.28. The van der Waals surface area contributed by atoms with Gasteiger partial charge in [-0.2, -0.15) is 5.26 Å². The molecule has 1 aliphatic rings. The number of rotatable bonds is 4. The summed E-state index contributed by atoms with van der Waals surface area (Å²) in [5, 5.41) is 13.0. The van der Waals surface area contributed by atoms with E-state index in [2.05, 4.69) is 16.4 Å². The summed E-state index contributed by atoms with van der Waals surface area (Å²) in [6, 6.07) is 14.6. The van der Waals surface area contributed by atoms with Gasteiger partial charge in [-0.25, -0.2) is 4.79 Å². The summed E-state index contributed by atoms with van der Waals surface area (Å²) in [5.41, 5.74) is 2.76. The molecule has 0 saturated heterocycles. The molecule has 0 unspecified atom stereocenters. The Kier molecular flexibility index (Phi) is 5.72. The Bertz CT molecular complexity index is 1110. The van der Waals surface area contributed by atoms with Gasteiger partial charge in [-0.3, -0.25) is 9.78 Å². The number of ether oxygens (including phenoxy) is 1. The second kappa shape index (κ2) is 8.76. The summed E-state index contributed by atoms with van der Waals surface area (Å²) in [4.78, 5) is 31.4. The van der Waals surface area contributed by atoms with Crippen LogP contribution in [0.15, 0.2) is 54.9 Å². The molecular formula is C22H18N4O3S. The fourth-order valence-electron chi connectivity index (χ4n) is 3.25. The number of hydrogen-bond acceptors (Lipinski definition) is 6. The summed E-state index contributed by atoms with van der Waals surface area (Å²) in [6.07, 6.45) is 3.44. The maximum Gasteiger partial charge on any atom is 0.410 e. The van der Waals surface area contributed by atoms with Crippen molar-refractivity contribution in [1.29, 1.82) is 5.26 Å². The van der Waals surface area contributed by atoms with E-state index in [0.717, 1.165) is 16.0 Å². The first-order valence-electron chi connectivity index (χ1n) is 9.37. The van der Waals surface area contributed by atoms with Crippen molar-refractivity contribution < 1.29 is 14.3 Å². The fraction of sp³-hybridized carbons (Fsp3) is 0.182. The SMILES string of the molecule is N#Cc1c(NC(=O)c2ccccc2)sc2c1CCN(C(=O)OCc1ccncc1)C2. The van der Waals surface area contributed by atoms with Crippen LogP contribution in [0.4, 0.5) is 9.80 Å². The molecule has 2 aromatic heterocycles. The van der Waals surface area contributed by atoms with Crippen molar-refractivity contribution in [2.45, 2.75) is 19.6 Å². The van der Waals surface area contributed by atoms with Crippen LogP contribution in [0.1, 0.15) is 31.9 Å². The molecule has 0 radical (unpaired) electrons. The lowest BCUT2D eigenvalue weighted by atomic mass is 10.0. The third kappa shape index (κ3) is 4.16. The van der Waals surface area contributed by atoms with E-state index < -0.39 is 6.09 Å². The molecule has 3 heterocycles. The molecule has 150 valence electrons. The maximum atomic E-state index is 12.5. The van der Waals surface area contributed by atoms with Gasteiger partial charge in [0, 0.05) is 29.4 Å². The quantitative estimate of drug-likeness (QED) is 0.692. The van der Waals surface area contributed by atoms with Crippen LogP contribution in [-0.4, -0.2) is 28.4 Å². The van der Waals surface area contributed by atoms with Gasteiger partial charge < -0.3 is 15.0 Å². The van der Waals surface area contributed by atoms with Crippen LogP contribution < -0.4 is 5.32 Å². The Labute approximate surface area is 177 Å². The zero-order chi connectivity index (χ0) is 20.9. The maximum absolute atomic E-state index is 12.5. The van der Waals surface area contributed by atoms with Crippen LogP contribution >= 0.6 is 11.3 Å². The van der Waals surface area contributed by atoms with Crippen LogP contribution in [0.3, 0.4) is 0 Å². The molecule has 30 heavy (non-hydrogen) atoms. The number of amides is 2. The first-order chi connectivity index (χ1) is 14.7. The van der Waals surface area contributed by atoms with Crippen LogP contribution in [0.25, 0.3) is 0 Å². The Hall–Kier alpha value is -3.70. The average Bonchev–Trinajstić information content (AvgIpc) is 3.14. The molecule has 3 aromatic rings. The number of benzene rings is 1. The Morgan fingerprint density at radius 2 is 1.97 bits per heavy atom. The molecular weight excluding hydrogens is 400 g/mol. The van der Waals surface area contributed by atoms with E-state index in [-0.39, 0.29) is 12.5 Å². The predicted octanol–water partition coefficient (Wildman–Crippen LogP) is 3.96. The number of nitrogens with one attached hydrogen (secondary N) is 1. The van der Waals surface area contributed by atoms with Crippen molar-refractivity contribution in [3.05, 3.63) is 82.0 Å². The van der Waals surface area contributed by atoms with Gasteiger partial charge in [0.25, 0.3) is 5.91 Å². The monoisotopic (exact) mass is 418 g/mol. The molecule has 0 bridgehead atoms. The minimum absolute atomic E-state index is 0.178. The van der Waals surface area contributed by atoms with E-state index in [1.54, 1.807) is 53.7 Å². The first kappa shape index (κ1) is 19.6. The van der Waals surface area contributed by atoms with E-state index in [0.29, 0.717) is 35.6 Å². The molecule has 7 nitrogen and oxygen atoms in total. The molecule has 8 heteroatoms. The standard InChI is InChI=1S/C22H18N4O3S/c23-12-18-17-8-11-26(22(28)29-14-15-6-9-24-10-7-15)13-19(17)30-21(18)25-20(27)16-4-2-1-3-5-16/h1-7,9-10H,8,11,13-14H2,(H,25,27). The van der Waals surface area contributed by atoms with Gasteiger partial charge in [0.05, 0.1) is 12.1 Å². The molecule has 0 fully saturated rings. The summed E-state index contributed by atoms with van der Waals surface area (Å²) in [7, 11) is 0. The topological polar surface area (TPSA) is 95.3 Å². The number of nitriles is 1. The molecule has 1 aliphatic heterocycles. The molecule has 4 rings (SSSR count). The van der Waals surface area contributed by atoms with Gasteiger partial charge in [-0.15, -0.1) is 11.3 Å². The van der Waals surface area contributed by atoms with Crippen molar-refractivity contribution in [2.75, 3.05) is 11.9 Å². The summed E-state index contributed by atoms with van der Waals surface area (Å²) >= 11 is 1.33. The Morgan fingerprint density at radius 3 is 2.70 bits per heavy atom. The first-order valence-corrected chi connectivity index (χ1v) is 10.2. The smallest absolute Gasteiger partial charge is 0.410 e. The second-order valence-corrected chi connectivity index (χ2v) is 7.83. The number of aromatic nitrogens is 1. The number of carbonyl (C=O) groups excluding carboxylic acids is 2. The molecule has 2 amide bonds. The largest absolute Gasteiger partial charge is 0.445 e. The van der Waals surface area contributed by atoms with Crippen LogP contribution in [0.5, 0.6) is 0 Å². The number of fused-ring (bicyclic) bond motifs is 1. The van der Waals surface area contributed by atoms with Crippen molar-refractivity contribution in [3.8, 4) is 6.07 Å². The number of carbonyl (C=O) groups is 2. The predicted molar refractivity (Wildman–Crippen MR) is 112 cm³/mol. The number of anilines is 1. The van der Waals surface area contributed by atoms with E-state index in [4.69, 9.17) is 4.74 Å². The second-order valence-electron chi connectivity index (χ2n) is 6.72. The van der Waals surface area contributed by atoms with Gasteiger partial charge in [0.1, 0.15) is 17.7 Å².